The zero-order chi connectivity index (χ0) is 7.72. The lowest BCUT2D eigenvalue weighted by Crippen LogP contribution is -1.74. The molecule has 0 amide bonds. The minimum absolute atomic E-state index is 0.493. The molecule has 0 saturated carbocycles. The van der Waals surface area contributed by atoms with Gasteiger partial charge in [-0.25, -0.2) is 0 Å². The third-order valence-corrected chi connectivity index (χ3v) is 3.21. The van der Waals surface area contributed by atoms with Crippen molar-refractivity contribution in [1.82, 2.24) is 0 Å². The van der Waals surface area contributed by atoms with Crippen LogP contribution in [0.2, 0.25) is 15.1 Å². The van der Waals surface area contributed by atoms with Gasteiger partial charge in [-0.05, 0) is 34.7 Å². The van der Waals surface area contributed by atoms with Gasteiger partial charge in [-0.15, -0.1) is 0 Å². The molecule has 54 valence electrons. The van der Waals surface area contributed by atoms with Crippen LogP contribution in [0.3, 0.4) is 0 Å². The van der Waals surface area contributed by atoms with Gasteiger partial charge in [0.05, 0.1) is 15.1 Å². The van der Waals surface area contributed by atoms with E-state index in [1.165, 1.54) is 0 Å². The molecule has 1 aromatic carbocycles. The lowest BCUT2D eigenvalue weighted by atomic mass is 10.4. The number of hydrogen-bond acceptors (Lipinski definition) is 0. The molecule has 0 bridgehead atoms. The van der Waals surface area contributed by atoms with Crippen LogP contribution in [0.15, 0.2) is 12.1 Å². The topological polar surface area (TPSA) is 0 Å². The molecule has 0 atom stereocenters. The molecule has 0 saturated heterocycles. The summed E-state index contributed by atoms with van der Waals surface area (Å²) in [5.74, 6) is 0. The molecular weight excluding hydrogens is 305 g/mol. The van der Waals surface area contributed by atoms with Gasteiger partial charge in [0, 0.05) is 3.57 Å². The monoisotopic (exact) mass is 306 g/mol. The molecule has 0 unspecified atom stereocenters. The SMILES string of the molecule is Clc1cc(Cl)c(I)cc1Cl. The Morgan fingerprint density at radius 2 is 1.40 bits per heavy atom. The standard InChI is InChI=1S/C6H2Cl3I/c7-3-1-5(9)6(10)2-4(3)8/h1-2H. The quantitative estimate of drug-likeness (QED) is 0.496. The first-order chi connectivity index (χ1) is 4.61. The summed E-state index contributed by atoms with van der Waals surface area (Å²) in [6, 6.07) is 3.36. The van der Waals surface area contributed by atoms with E-state index in [-0.39, 0.29) is 0 Å². The predicted octanol–water partition coefficient (Wildman–Crippen LogP) is 4.25. The zero-order valence-corrected chi connectivity index (χ0v) is 9.09. The van der Waals surface area contributed by atoms with Gasteiger partial charge in [0.25, 0.3) is 0 Å². The molecule has 1 aromatic rings. The molecule has 1 rings (SSSR count). The highest BCUT2D eigenvalue weighted by atomic mass is 127. The minimum Gasteiger partial charge on any atom is -0.0831 e. The van der Waals surface area contributed by atoms with Crippen molar-refractivity contribution >= 4 is 57.4 Å². The number of hydrogen-bond donors (Lipinski definition) is 0. The van der Waals surface area contributed by atoms with E-state index in [1.807, 2.05) is 0 Å². The van der Waals surface area contributed by atoms with Gasteiger partial charge in [-0.1, -0.05) is 34.8 Å². The highest BCUT2D eigenvalue weighted by Gasteiger charge is 2.01. The summed E-state index contributed by atoms with van der Waals surface area (Å²) >= 11 is 19.2. The van der Waals surface area contributed by atoms with E-state index in [0.29, 0.717) is 15.1 Å². The van der Waals surface area contributed by atoms with Crippen molar-refractivity contribution in [2.45, 2.75) is 0 Å². The maximum absolute atomic E-state index is 5.74. The fraction of sp³-hybridized carbons (Fsp3) is 0. The fourth-order valence-corrected chi connectivity index (χ4v) is 1.70. The minimum atomic E-state index is 0.493. The van der Waals surface area contributed by atoms with E-state index in [2.05, 4.69) is 22.6 Å². The Labute approximate surface area is 87.6 Å². The van der Waals surface area contributed by atoms with Crippen molar-refractivity contribution in [2.24, 2.45) is 0 Å². The van der Waals surface area contributed by atoms with Gasteiger partial charge in [0.15, 0.2) is 0 Å². The van der Waals surface area contributed by atoms with Crippen LogP contribution in [0, 0.1) is 3.57 Å². The van der Waals surface area contributed by atoms with Crippen molar-refractivity contribution in [3.63, 3.8) is 0 Å². The maximum atomic E-state index is 5.74. The first-order valence-electron chi connectivity index (χ1n) is 2.41. The highest BCUT2D eigenvalue weighted by molar-refractivity contribution is 14.1. The van der Waals surface area contributed by atoms with Crippen LogP contribution in [0.5, 0.6) is 0 Å². The average Bonchev–Trinajstić information content (AvgIpc) is 1.84. The largest absolute Gasteiger partial charge is 0.0831 e. The van der Waals surface area contributed by atoms with Crippen LogP contribution in [0.25, 0.3) is 0 Å². The summed E-state index contributed by atoms with van der Waals surface area (Å²) < 4.78 is 0.911. The van der Waals surface area contributed by atoms with Crippen LogP contribution in [0.4, 0.5) is 0 Å². The molecular formula is C6H2Cl3I. The lowest BCUT2D eigenvalue weighted by molar-refractivity contribution is 1.64. The maximum Gasteiger partial charge on any atom is 0.0607 e. The van der Waals surface area contributed by atoms with E-state index < -0.39 is 0 Å². The fourth-order valence-electron chi connectivity index (χ4n) is 0.498. The Morgan fingerprint density at radius 3 is 1.90 bits per heavy atom. The predicted molar refractivity (Wildman–Crippen MR) is 54.2 cm³/mol. The summed E-state index contributed by atoms with van der Waals surface area (Å²) in [5, 5.41) is 1.66. The normalized spacial score (nSPS) is 10.0. The van der Waals surface area contributed by atoms with Crippen LogP contribution in [-0.2, 0) is 0 Å². The zero-order valence-electron chi connectivity index (χ0n) is 4.67. The molecule has 0 aliphatic carbocycles. The average molecular weight is 307 g/mol. The Balaban J connectivity index is 3.28. The van der Waals surface area contributed by atoms with E-state index in [9.17, 15) is 0 Å². The smallest absolute Gasteiger partial charge is 0.0607 e. The second-order valence-corrected chi connectivity index (χ2v) is 4.06. The van der Waals surface area contributed by atoms with E-state index in [4.69, 9.17) is 34.8 Å². The molecule has 0 radical (unpaired) electrons. The summed E-state index contributed by atoms with van der Waals surface area (Å²) in [7, 11) is 0. The first-order valence-corrected chi connectivity index (χ1v) is 4.62. The second-order valence-electron chi connectivity index (χ2n) is 1.68. The number of benzene rings is 1. The summed E-state index contributed by atoms with van der Waals surface area (Å²) in [5.41, 5.74) is 0. The molecule has 0 nitrogen and oxygen atoms in total. The summed E-state index contributed by atoms with van der Waals surface area (Å²) in [4.78, 5) is 0. The van der Waals surface area contributed by atoms with Crippen LogP contribution in [-0.4, -0.2) is 0 Å². The van der Waals surface area contributed by atoms with Crippen molar-refractivity contribution in [1.29, 1.82) is 0 Å². The molecule has 0 aromatic heterocycles. The van der Waals surface area contributed by atoms with E-state index in [1.54, 1.807) is 12.1 Å². The number of halogens is 4. The molecule has 0 aliphatic rings. The van der Waals surface area contributed by atoms with Crippen LogP contribution < -0.4 is 0 Å². The van der Waals surface area contributed by atoms with Gasteiger partial charge in [0.2, 0.25) is 0 Å². The molecule has 4 heteroatoms. The molecule has 0 aliphatic heterocycles. The first kappa shape index (κ1) is 8.91. The highest BCUT2D eigenvalue weighted by Crippen LogP contribution is 2.29. The van der Waals surface area contributed by atoms with E-state index in [0.717, 1.165) is 3.57 Å². The molecule has 0 N–H and O–H groups in total. The Morgan fingerprint density at radius 1 is 0.900 bits per heavy atom. The van der Waals surface area contributed by atoms with E-state index >= 15 is 0 Å². The van der Waals surface area contributed by atoms with Crippen molar-refractivity contribution in [2.75, 3.05) is 0 Å². The van der Waals surface area contributed by atoms with Gasteiger partial charge in [0.1, 0.15) is 0 Å². The third kappa shape index (κ3) is 1.91. The molecule has 0 spiro atoms. The van der Waals surface area contributed by atoms with Gasteiger partial charge < -0.3 is 0 Å². The number of rotatable bonds is 0. The molecule has 10 heavy (non-hydrogen) atoms. The van der Waals surface area contributed by atoms with Gasteiger partial charge in [-0.2, -0.15) is 0 Å². The van der Waals surface area contributed by atoms with Crippen LogP contribution >= 0.6 is 57.4 Å². The van der Waals surface area contributed by atoms with Crippen molar-refractivity contribution in [3.05, 3.63) is 30.8 Å². The van der Waals surface area contributed by atoms with Gasteiger partial charge in [-0.3, -0.25) is 0 Å². The lowest BCUT2D eigenvalue weighted by Gasteiger charge is -1.97. The third-order valence-electron chi connectivity index (χ3n) is 0.963. The van der Waals surface area contributed by atoms with Gasteiger partial charge >= 0.3 is 0 Å². The Bertz CT molecular complexity index is 209. The molecule has 0 fully saturated rings. The Hall–Kier alpha value is 0.820. The van der Waals surface area contributed by atoms with Crippen LogP contribution in [0.1, 0.15) is 0 Å². The summed E-state index contributed by atoms with van der Waals surface area (Å²) in [6.45, 7) is 0. The second kappa shape index (κ2) is 3.48. The van der Waals surface area contributed by atoms with Crippen molar-refractivity contribution in [3.8, 4) is 0 Å². The Kier molecular flexibility index (Phi) is 3.10. The summed E-state index contributed by atoms with van der Waals surface area (Å²) in [6.07, 6.45) is 0. The van der Waals surface area contributed by atoms with Crippen molar-refractivity contribution < 1.29 is 0 Å². The molecule has 0 heterocycles.